The van der Waals surface area contributed by atoms with E-state index in [0.717, 1.165) is 0 Å². The summed E-state index contributed by atoms with van der Waals surface area (Å²) in [6.07, 6.45) is 1.30. The van der Waals surface area contributed by atoms with Crippen LogP contribution < -0.4 is 0 Å². The Morgan fingerprint density at radius 3 is 2.80 bits per heavy atom. The molecule has 2 aromatic rings. The van der Waals surface area contributed by atoms with Crippen molar-refractivity contribution >= 4 is 27.5 Å². The molecule has 1 heterocycles. The fraction of sp³-hybridized carbons (Fsp3) is 0. The molecule has 1 aromatic heterocycles. The molecule has 0 fully saturated rings. The van der Waals surface area contributed by atoms with Crippen molar-refractivity contribution in [1.82, 2.24) is 9.97 Å². The quantitative estimate of drug-likeness (QED) is 0.747. The number of aromatic nitrogens is 2. The molecule has 0 atom stereocenters. The lowest BCUT2D eigenvalue weighted by Crippen LogP contribution is -1.89. The molecule has 0 amide bonds. The Balaban J connectivity index is 2.59. The molecule has 0 spiro atoms. The molecule has 1 aromatic carbocycles. The van der Waals surface area contributed by atoms with Crippen LogP contribution in [0.2, 0.25) is 5.15 Å². The Morgan fingerprint density at radius 2 is 2.07 bits per heavy atom. The van der Waals surface area contributed by atoms with Crippen LogP contribution in [0.5, 0.6) is 0 Å². The van der Waals surface area contributed by atoms with Crippen LogP contribution in [0.1, 0.15) is 0 Å². The van der Waals surface area contributed by atoms with E-state index in [1.54, 1.807) is 18.2 Å². The van der Waals surface area contributed by atoms with E-state index in [2.05, 4.69) is 25.9 Å². The van der Waals surface area contributed by atoms with Gasteiger partial charge in [-0.3, -0.25) is 0 Å². The minimum atomic E-state index is -0.354. The first-order chi connectivity index (χ1) is 7.18. The number of nitrogens with zero attached hydrogens (tertiary/aromatic N) is 2. The van der Waals surface area contributed by atoms with E-state index >= 15 is 0 Å². The zero-order valence-electron chi connectivity index (χ0n) is 7.42. The summed E-state index contributed by atoms with van der Waals surface area (Å²) in [6.45, 7) is 0. The molecular formula is C10H5BrClFN2. The number of benzene rings is 1. The molecule has 15 heavy (non-hydrogen) atoms. The minimum absolute atomic E-state index is 0.291. The second-order valence-corrected chi connectivity index (χ2v) is 4.07. The zero-order chi connectivity index (χ0) is 10.8. The molecule has 0 N–H and O–H groups in total. The van der Waals surface area contributed by atoms with Gasteiger partial charge in [0.1, 0.15) is 17.3 Å². The Labute approximate surface area is 99.3 Å². The summed E-state index contributed by atoms with van der Waals surface area (Å²) in [5.74, 6) is -0.354. The fourth-order valence-corrected chi connectivity index (χ4v) is 1.70. The second-order valence-electron chi connectivity index (χ2n) is 2.83. The summed E-state index contributed by atoms with van der Waals surface area (Å²) < 4.78 is 14.1. The normalized spacial score (nSPS) is 10.3. The van der Waals surface area contributed by atoms with Gasteiger partial charge in [0.15, 0.2) is 0 Å². The zero-order valence-corrected chi connectivity index (χ0v) is 9.76. The Morgan fingerprint density at radius 1 is 1.27 bits per heavy atom. The van der Waals surface area contributed by atoms with Gasteiger partial charge in [0.25, 0.3) is 0 Å². The topological polar surface area (TPSA) is 25.8 Å². The van der Waals surface area contributed by atoms with Crippen molar-refractivity contribution in [2.75, 3.05) is 0 Å². The molecule has 0 aliphatic rings. The first-order valence-electron chi connectivity index (χ1n) is 4.10. The van der Waals surface area contributed by atoms with Gasteiger partial charge in [0, 0.05) is 11.6 Å². The lowest BCUT2D eigenvalue weighted by atomic mass is 10.1. The van der Waals surface area contributed by atoms with E-state index in [0.29, 0.717) is 20.9 Å². The van der Waals surface area contributed by atoms with Crippen molar-refractivity contribution in [2.45, 2.75) is 0 Å². The van der Waals surface area contributed by atoms with Crippen molar-refractivity contribution in [2.24, 2.45) is 0 Å². The number of rotatable bonds is 1. The van der Waals surface area contributed by atoms with Crippen LogP contribution in [0.3, 0.4) is 0 Å². The standard InChI is InChI=1S/C10H5BrClFN2/c11-7-3-1-2-6(10(7)13)8-4-9(12)15-5-14-8/h1-5H. The molecule has 0 aliphatic heterocycles. The summed E-state index contributed by atoms with van der Waals surface area (Å²) >= 11 is 8.81. The average Bonchev–Trinajstić information content (AvgIpc) is 2.22. The molecule has 0 radical (unpaired) electrons. The van der Waals surface area contributed by atoms with E-state index < -0.39 is 0 Å². The van der Waals surface area contributed by atoms with Gasteiger partial charge < -0.3 is 0 Å². The van der Waals surface area contributed by atoms with E-state index in [-0.39, 0.29) is 5.82 Å². The second kappa shape index (κ2) is 4.24. The summed E-state index contributed by atoms with van der Waals surface area (Å²) in [7, 11) is 0. The molecule has 2 rings (SSSR count). The third kappa shape index (κ3) is 2.16. The highest BCUT2D eigenvalue weighted by Crippen LogP contribution is 2.26. The van der Waals surface area contributed by atoms with Gasteiger partial charge in [0.05, 0.1) is 10.2 Å². The van der Waals surface area contributed by atoms with Gasteiger partial charge in [0.2, 0.25) is 0 Å². The molecule has 0 saturated carbocycles. The summed E-state index contributed by atoms with van der Waals surface area (Å²) in [4.78, 5) is 7.69. The lowest BCUT2D eigenvalue weighted by molar-refractivity contribution is 0.624. The minimum Gasteiger partial charge on any atom is -0.236 e. The first-order valence-corrected chi connectivity index (χ1v) is 5.27. The molecule has 0 saturated heterocycles. The largest absolute Gasteiger partial charge is 0.236 e. The molecule has 76 valence electrons. The average molecular weight is 288 g/mol. The Bertz CT molecular complexity index is 505. The summed E-state index contributed by atoms with van der Waals surface area (Å²) in [5.41, 5.74) is 0.863. The van der Waals surface area contributed by atoms with Gasteiger partial charge >= 0.3 is 0 Å². The van der Waals surface area contributed by atoms with Gasteiger partial charge in [-0.05, 0) is 28.1 Å². The molecular weight excluding hydrogens is 282 g/mol. The van der Waals surface area contributed by atoms with Gasteiger partial charge in [-0.2, -0.15) is 0 Å². The molecule has 0 bridgehead atoms. The van der Waals surface area contributed by atoms with Crippen molar-refractivity contribution in [1.29, 1.82) is 0 Å². The van der Waals surface area contributed by atoms with E-state index in [4.69, 9.17) is 11.6 Å². The predicted octanol–water partition coefficient (Wildman–Crippen LogP) is 3.70. The van der Waals surface area contributed by atoms with Crippen LogP contribution in [-0.4, -0.2) is 9.97 Å². The maximum Gasteiger partial charge on any atom is 0.146 e. The number of hydrogen-bond donors (Lipinski definition) is 0. The van der Waals surface area contributed by atoms with Crippen LogP contribution in [0.25, 0.3) is 11.3 Å². The Hall–Kier alpha value is -1.00. The number of hydrogen-bond acceptors (Lipinski definition) is 2. The molecule has 0 unspecified atom stereocenters. The van der Waals surface area contributed by atoms with Crippen molar-refractivity contribution in [3.8, 4) is 11.3 Å². The molecule has 2 nitrogen and oxygen atoms in total. The third-order valence-corrected chi connectivity index (χ3v) is 2.68. The van der Waals surface area contributed by atoms with Crippen LogP contribution >= 0.6 is 27.5 Å². The van der Waals surface area contributed by atoms with Crippen LogP contribution in [0.4, 0.5) is 4.39 Å². The monoisotopic (exact) mass is 286 g/mol. The van der Waals surface area contributed by atoms with Crippen molar-refractivity contribution in [3.63, 3.8) is 0 Å². The first kappa shape index (κ1) is 10.5. The fourth-order valence-electron chi connectivity index (χ4n) is 1.18. The lowest BCUT2D eigenvalue weighted by Gasteiger charge is -2.03. The number of halogens is 3. The highest BCUT2D eigenvalue weighted by molar-refractivity contribution is 9.10. The third-order valence-electron chi connectivity index (χ3n) is 1.86. The maximum atomic E-state index is 13.7. The predicted molar refractivity (Wildman–Crippen MR) is 60.1 cm³/mol. The highest BCUT2D eigenvalue weighted by Gasteiger charge is 2.09. The van der Waals surface area contributed by atoms with E-state index in [9.17, 15) is 4.39 Å². The molecule has 0 aliphatic carbocycles. The van der Waals surface area contributed by atoms with Crippen LogP contribution in [-0.2, 0) is 0 Å². The van der Waals surface area contributed by atoms with E-state index in [1.165, 1.54) is 12.4 Å². The van der Waals surface area contributed by atoms with Crippen LogP contribution in [0, 0.1) is 5.82 Å². The van der Waals surface area contributed by atoms with Gasteiger partial charge in [-0.1, -0.05) is 17.7 Å². The summed E-state index contributed by atoms with van der Waals surface area (Å²) in [5, 5.41) is 0.291. The van der Waals surface area contributed by atoms with Gasteiger partial charge in [-0.15, -0.1) is 0 Å². The molecule has 5 heteroatoms. The maximum absolute atomic E-state index is 13.7. The Kier molecular flexibility index (Phi) is 2.98. The van der Waals surface area contributed by atoms with E-state index in [1.807, 2.05) is 0 Å². The highest BCUT2D eigenvalue weighted by atomic mass is 79.9. The van der Waals surface area contributed by atoms with Gasteiger partial charge in [-0.25, -0.2) is 14.4 Å². The van der Waals surface area contributed by atoms with Crippen molar-refractivity contribution in [3.05, 3.63) is 46.0 Å². The smallest absolute Gasteiger partial charge is 0.146 e. The SMILES string of the molecule is Fc1c(Br)cccc1-c1cc(Cl)ncn1. The summed E-state index contributed by atoms with van der Waals surface area (Å²) in [6, 6.07) is 6.52. The van der Waals surface area contributed by atoms with Crippen molar-refractivity contribution < 1.29 is 4.39 Å². The van der Waals surface area contributed by atoms with Crippen LogP contribution in [0.15, 0.2) is 35.1 Å².